The van der Waals surface area contributed by atoms with E-state index in [1.807, 2.05) is 0 Å². The van der Waals surface area contributed by atoms with Crippen molar-refractivity contribution in [2.24, 2.45) is 5.92 Å². The molecular weight excluding hydrogens is 252 g/mol. The second-order valence-electron chi connectivity index (χ2n) is 7.47. The molecule has 4 nitrogen and oxygen atoms in total. The highest BCUT2D eigenvalue weighted by Crippen LogP contribution is 2.51. The van der Waals surface area contributed by atoms with Crippen molar-refractivity contribution in [3.05, 3.63) is 0 Å². The van der Waals surface area contributed by atoms with Gasteiger partial charge in [0.15, 0.2) is 5.60 Å². The number of nitrogens with one attached hydrogen (secondary N) is 1. The Kier molecular flexibility index (Phi) is 3.57. The molecule has 1 amide bonds. The molecule has 2 saturated carbocycles. The van der Waals surface area contributed by atoms with Crippen LogP contribution >= 0.6 is 0 Å². The van der Waals surface area contributed by atoms with Gasteiger partial charge in [-0.2, -0.15) is 0 Å². The van der Waals surface area contributed by atoms with Crippen LogP contribution in [0.1, 0.15) is 52.4 Å². The zero-order valence-electron chi connectivity index (χ0n) is 13.1. The maximum Gasteiger partial charge on any atom is 0.254 e. The van der Waals surface area contributed by atoms with Crippen molar-refractivity contribution in [3.63, 3.8) is 0 Å². The molecule has 2 atom stereocenters. The number of hydrogen-bond donors (Lipinski definition) is 1. The molecular formula is C16H28N2O2. The first-order chi connectivity index (χ1) is 9.47. The van der Waals surface area contributed by atoms with Crippen molar-refractivity contribution in [1.82, 2.24) is 10.2 Å². The van der Waals surface area contributed by atoms with Crippen molar-refractivity contribution in [2.75, 3.05) is 20.1 Å². The van der Waals surface area contributed by atoms with E-state index in [1.54, 1.807) is 0 Å². The first-order valence-corrected chi connectivity index (χ1v) is 8.16. The van der Waals surface area contributed by atoms with Crippen LogP contribution < -0.4 is 5.32 Å². The normalized spacial score (nSPS) is 35.9. The predicted octanol–water partition coefficient (Wildman–Crippen LogP) is 1.93. The number of carbonyl (C=O) groups excluding carboxylic acids is 1. The van der Waals surface area contributed by atoms with Gasteiger partial charge in [0.2, 0.25) is 0 Å². The fourth-order valence-corrected chi connectivity index (χ4v) is 4.13. The summed E-state index contributed by atoms with van der Waals surface area (Å²) in [6.07, 6.45) is 6.86. The van der Waals surface area contributed by atoms with Crippen molar-refractivity contribution < 1.29 is 9.53 Å². The minimum atomic E-state index is -0.542. The number of rotatable bonds is 3. The minimum Gasteiger partial charge on any atom is -0.355 e. The molecule has 0 radical (unpaired) electrons. The van der Waals surface area contributed by atoms with Crippen LogP contribution in [0.25, 0.3) is 0 Å². The average Bonchev–Trinajstić information content (AvgIpc) is 3.10. The molecule has 2 spiro atoms. The van der Waals surface area contributed by atoms with Crippen molar-refractivity contribution in [3.8, 4) is 0 Å². The van der Waals surface area contributed by atoms with Crippen LogP contribution in [0.15, 0.2) is 0 Å². The van der Waals surface area contributed by atoms with Gasteiger partial charge in [0, 0.05) is 19.5 Å². The molecule has 4 heteroatoms. The third-order valence-corrected chi connectivity index (χ3v) is 5.18. The first-order valence-electron chi connectivity index (χ1n) is 8.16. The monoisotopic (exact) mass is 280 g/mol. The Balaban J connectivity index is 1.71. The Morgan fingerprint density at radius 2 is 2.05 bits per heavy atom. The van der Waals surface area contributed by atoms with Crippen molar-refractivity contribution in [1.29, 1.82) is 0 Å². The Bertz CT molecular complexity index is 390. The summed E-state index contributed by atoms with van der Waals surface area (Å²) in [5.41, 5.74) is -0.612. The zero-order valence-corrected chi connectivity index (χ0v) is 13.1. The third-order valence-electron chi connectivity index (χ3n) is 5.18. The Morgan fingerprint density at radius 3 is 2.70 bits per heavy atom. The summed E-state index contributed by atoms with van der Waals surface area (Å²) in [4.78, 5) is 14.7. The van der Waals surface area contributed by atoms with Gasteiger partial charge in [0.1, 0.15) is 0 Å². The fourth-order valence-electron chi connectivity index (χ4n) is 4.13. The van der Waals surface area contributed by atoms with Gasteiger partial charge in [-0.25, -0.2) is 0 Å². The Labute approximate surface area is 122 Å². The van der Waals surface area contributed by atoms with Crippen LogP contribution in [-0.2, 0) is 9.53 Å². The van der Waals surface area contributed by atoms with Crippen LogP contribution in [0.3, 0.4) is 0 Å². The quantitative estimate of drug-likeness (QED) is 0.859. The Hall–Kier alpha value is -0.610. The number of hydrogen-bond acceptors (Lipinski definition) is 3. The molecule has 1 saturated heterocycles. The molecule has 3 fully saturated rings. The summed E-state index contributed by atoms with van der Waals surface area (Å²) in [6.45, 7) is 6.18. The smallest absolute Gasteiger partial charge is 0.254 e. The third kappa shape index (κ3) is 2.37. The molecule has 0 aromatic heterocycles. The van der Waals surface area contributed by atoms with E-state index in [4.69, 9.17) is 4.74 Å². The minimum absolute atomic E-state index is 0.0699. The van der Waals surface area contributed by atoms with Gasteiger partial charge in [-0.15, -0.1) is 0 Å². The number of carbonyl (C=O) groups is 1. The van der Waals surface area contributed by atoms with Crippen LogP contribution in [0, 0.1) is 5.92 Å². The molecule has 114 valence electrons. The van der Waals surface area contributed by atoms with Crippen LogP contribution in [-0.4, -0.2) is 48.2 Å². The van der Waals surface area contributed by atoms with Gasteiger partial charge in [0.25, 0.3) is 5.91 Å². The molecule has 1 aliphatic heterocycles. The van der Waals surface area contributed by atoms with E-state index in [1.165, 1.54) is 19.3 Å². The van der Waals surface area contributed by atoms with Gasteiger partial charge in [-0.3, -0.25) is 9.69 Å². The molecule has 3 aliphatic rings. The zero-order chi connectivity index (χ0) is 14.4. The molecule has 1 N–H and O–H groups in total. The first kappa shape index (κ1) is 14.3. The van der Waals surface area contributed by atoms with Gasteiger partial charge in [0.05, 0.1) is 11.6 Å². The molecule has 3 rings (SSSR count). The van der Waals surface area contributed by atoms with Gasteiger partial charge < -0.3 is 10.1 Å². The average molecular weight is 280 g/mol. The lowest BCUT2D eigenvalue weighted by molar-refractivity contribution is -0.179. The molecule has 20 heavy (non-hydrogen) atoms. The summed E-state index contributed by atoms with van der Waals surface area (Å²) in [6, 6.07) is 0.268. The van der Waals surface area contributed by atoms with E-state index in [2.05, 4.69) is 31.1 Å². The Morgan fingerprint density at radius 1 is 1.35 bits per heavy atom. The van der Waals surface area contributed by atoms with Gasteiger partial charge in [-0.05, 0) is 25.8 Å². The van der Waals surface area contributed by atoms with Crippen LogP contribution in [0.4, 0.5) is 0 Å². The van der Waals surface area contributed by atoms with Crippen LogP contribution in [0.5, 0.6) is 0 Å². The highest BCUT2D eigenvalue weighted by Gasteiger charge is 2.67. The molecule has 2 aliphatic carbocycles. The SMILES string of the molecule is CC(C)CN(C)C1CC12OC1(CCCCC1)CNC2=O. The van der Waals surface area contributed by atoms with Crippen molar-refractivity contribution in [2.45, 2.75) is 69.6 Å². The number of amides is 1. The summed E-state index contributed by atoms with van der Waals surface area (Å²) in [5.74, 6) is 0.738. The highest BCUT2D eigenvalue weighted by atomic mass is 16.5. The summed E-state index contributed by atoms with van der Waals surface area (Å²) in [5, 5.41) is 3.14. The maximum atomic E-state index is 12.3. The maximum absolute atomic E-state index is 12.3. The number of morpholine rings is 1. The predicted molar refractivity (Wildman–Crippen MR) is 78.5 cm³/mol. The highest BCUT2D eigenvalue weighted by molar-refractivity contribution is 5.90. The molecule has 0 aromatic carbocycles. The lowest BCUT2D eigenvalue weighted by Crippen LogP contribution is -2.61. The van der Waals surface area contributed by atoms with E-state index in [0.29, 0.717) is 12.5 Å². The van der Waals surface area contributed by atoms with E-state index >= 15 is 0 Å². The van der Waals surface area contributed by atoms with E-state index in [0.717, 1.165) is 25.8 Å². The summed E-state index contributed by atoms with van der Waals surface area (Å²) >= 11 is 0. The van der Waals surface area contributed by atoms with E-state index < -0.39 is 5.60 Å². The molecule has 0 aromatic rings. The number of likely N-dealkylation sites (N-methyl/N-ethyl adjacent to an activating group) is 1. The lowest BCUT2D eigenvalue weighted by atomic mass is 9.83. The largest absolute Gasteiger partial charge is 0.355 e. The van der Waals surface area contributed by atoms with Crippen LogP contribution in [0.2, 0.25) is 0 Å². The summed E-state index contributed by atoms with van der Waals surface area (Å²) in [7, 11) is 2.12. The standard InChI is InChI=1S/C16H28N2O2/c1-12(2)10-18(3)13-9-16(13)14(19)17-11-15(20-16)7-5-4-6-8-15/h12-13H,4-11H2,1-3H3,(H,17,19). The fraction of sp³-hybridized carbons (Fsp3) is 0.938. The van der Waals surface area contributed by atoms with E-state index in [9.17, 15) is 4.79 Å². The summed E-state index contributed by atoms with van der Waals surface area (Å²) < 4.78 is 6.49. The molecule has 1 heterocycles. The second-order valence-corrected chi connectivity index (χ2v) is 7.47. The second kappa shape index (κ2) is 4.99. The van der Waals surface area contributed by atoms with Crippen molar-refractivity contribution >= 4 is 5.91 Å². The number of nitrogens with zero attached hydrogens (tertiary/aromatic N) is 1. The topological polar surface area (TPSA) is 41.6 Å². The lowest BCUT2D eigenvalue weighted by Gasteiger charge is -2.44. The van der Waals surface area contributed by atoms with Gasteiger partial charge in [-0.1, -0.05) is 33.1 Å². The van der Waals surface area contributed by atoms with E-state index in [-0.39, 0.29) is 17.6 Å². The number of ether oxygens (including phenoxy) is 1. The molecule has 2 unspecified atom stereocenters. The molecule has 0 bridgehead atoms. The van der Waals surface area contributed by atoms with Gasteiger partial charge >= 0.3 is 0 Å².